The number of ether oxygens (including phenoxy) is 1. The van der Waals surface area contributed by atoms with Crippen LogP contribution in [0.25, 0.3) is 17.2 Å². The number of pyridine rings is 1. The van der Waals surface area contributed by atoms with Crippen molar-refractivity contribution < 1.29 is 13.9 Å². The summed E-state index contributed by atoms with van der Waals surface area (Å²) in [7, 11) is 0. The number of allylic oxidation sites excluding steroid dienone is 1. The van der Waals surface area contributed by atoms with E-state index in [2.05, 4.69) is 20.2 Å². The van der Waals surface area contributed by atoms with Gasteiger partial charge in [-0.05, 0) is 91.4 Å². The maximum absolute atomic E-state index is 13.6. The maximum atomic E-state index is 13.6. The predicted molar refractivity (Wildman–Crippen MR) is 163 cm³/mol. The smallest absolute Gasteiger partial charge is 0.248 e. The molecular formula is C33H32FN7O2. The van der Waals surface area contributed by atoms with Crippen LogP contribution in [0.5, 0.6) is 11.6 Å². The largest absolute Gasteiger partial charge is 0.438 e. The lowest BCUT2D eigenvalue weighted by Crippen LogP contribution is -2.39. The van der Waals surface area contributed by atoms with Gasteiger partial charge in [-0.1, -0.05) is 12.1 Å². The second kappa shape index (κ2) is 13.2. The molecule has 2 aromatic heterocycles. The van der Waals surface area contributed by atoms with Crippen molar-refractivity contribution in [3.05, 3.63) is 101 Å². The quantitative estimate of drug-likeness (QED) is 0.189. The highest BCUT2D eigenvalue weighted by molar-refractivity contribution is 5.92. The van der Waals surface area contributed by atoms with E-state index < -0.39 is 11.9 Å². The molecule has 10 heteroatoms. The number of rotatable bonds is 9. The van der Waals surface area contributed by atoms with Crippen LogP contribution in [0.3, 0.4) is 0 Å². The maximum Gasteiger partial charge on any atom is 0.248 e. The lowest BCUT2D eigenvalue weighted by atomic mass is 10.0. The molecule has 1 aliphatic rings. The molecule has 43 heavy (non-hydrogen) atoms. The number of aromatic nitrogens is 3. The lowest BCUT2D eigenvalue weighted by Gasteiger charge is -2.32. The number of nitrogens with one attached hydrogen (secondary N) is 1. The molecule has 9 nitrogen and oxygen atoms in total. The van der Waals surface area contributed by atoms with E-state index in [0.29, 0.717) is 34.3 Å². The molecule has 1 aliphatic heterocycles. The minimum Gasteiger partial charge on any atom is -0.438 e. The summed E-state index contributed by atoms with van der Waals surface area (Å²) in [5.41, 5.74) is 10.9. The van der Waals surface area contributed by atoms with E-state index in [1.54, 1.807) is 30.5 Å². The van der Waals surface area contributed by atoms with Crippen LogP contribution >= 0.6 is 0 Å². The average molecular weight is 578 g/mol. The van der Waals surface area contributed by atoms with Crippen LogP contribution < -0.4 is 15.8 Å². The van der Waals surface area contributed by atoms with Crippen molar-refractivity contribution in [2.75, 3.05) is 18.4 Å². The number of anilines is 1. The van der Waals surface area contributed by atoms with Crippen LogP contribution in [0.4, 0.5) is 10.3 Å². The molecule has 0 unspecified atom stereocenters. The number of aryl methyl sites for hydroxylation is 2. The molecule has 4 aromatic rings. The second-order valence-electron chi connectivity index (χ2n) is 10.6. The van der Waals surface area contributed by atoms with Gasteiger partial charge < -0.3 is 15.8 Å². The minimum absolute atomic E-state index is 0.175. The zero-order valence-corrected chi connectivity index (χ0v) is 24.0. The molecule has 1 fully saturated rings. The first-order valence-electron chi connectivity index (χ1n) is 14.0. The summed E-state index contributed by atoms with van der Waals surface area (Å²) < 4.78 is 20.0. The molecule has 0 radical (unpaired) electrons. The third kappa shape index (κ3) is 7.39. The third-order valence-electron chi connectivity index (χ3n) is 7.39. The van der Waals surface area contributed by atoms with Crippen LogP contribution in [-0.4, -0.2) is 44.9 Å². The van der Waals surface area contributed by atoms with Crippen molar-refractivity contribution in [1.29, 1.82) is 5.26 Å². The van der Waals surface area contributed by atoms with Gasteiger partial charge in [0.2, 0.25) is 23.7 Å². The normalized spacial score (nSPS) is 14.0. The standard InChI is InChI=1S/C33H32FN7O2/c1-21-16-24(4-3-13-35)17-22(2)30(21)43-32-28(26-9-10-29(34)37-18-26)19-38-33(40-32)39-27-11-14-41(15-12-27)20-23-5-7-25(8-6-23)31(36)42/h3-10,16-19,27H,11-12,14-15,20H2,1-2H3,(H2,36,42)(H,38,39,40)/b4-3+. The van der Waals surface area contributed by atoms with E-state index in [1.165, 1.54) is 18.3 Å². The number of likely N-dealkylation sites (tertiary alicyclic amines) is 1. The van der Waals surface area contributed by atoms with Crippen LogP contribution in [0.2, 0.25) is 0 Å². The highest BCUT2D eigenvalue weighted by Crippen LogP contribution is 2.35. The van der Waals surface area contributed by atoms with Crippen LogP contribution in [0.1, 0.15) is 45.5 Å². The number of nitriles is 1. The fraction of sp³-hybridized carbons (Fsp3) is 0.242. The van der Waals surface area contributed by atoms with Gasteiger partial charge in [0, 0.05) is 55.3 Å². The fourth-order valence-electron chi connectivity index (χ4n) is 5.17. The molecule has 0 saturated carbocycles. The number of halogens is 1. The Labute approximate surface area is 249 Å². The molecule has 5 rings (SSSR count). The summed E-state index contributed by atoms with van der Waals surface area (Å²) in [6, 6.07) is 16.4. The van der Waals surface area contributed by atoms with Crippen molar-refractivity contribution in [2.24, 2.45) is 5.73 Å². The second-order valence-corrected chi connectivity index (χ2v) is 10.6. The number of nitrogens with zero attached hydrogens (tertiary/aromatic N) is 5. The first-order valence-corrected chi connectivity index (χ1v) is 14.0. The predicted octanol–water partition coefficient (Wildman–Crippen LogP) is 5.80. The van der Waals surface area contributed by atoms with Gasteiger partial charge in [-0.3, -0.25) is 9.69 Å². The summed E-state index contributed by atoms with van der Waals surface area (Å²) in [6.45, 7) is 6.45. The number of hydrogen-bond acceptors (Lipinski definition) is 8. The van der Waals surface area contributed by atoms with Crippen molar-refractivity contribution in [1.82, 2.24) is 19.9 Å². The van der Waals surface area contributed by atoms with Gasteiger partial charge in [-0.2, -0.15) is 14.6 Å². The van der Waals surface area contributed by atoms with Crippen molar-refractivity contribution in [2.45, 2.75) is 39.3 Å². The van der Waals surface area contributed by atoms with Crippen LogP contribution in [-0.2, 0) is 6.54 Å². The molecule has 3 heterocycles. The Kier molecular flexibility index (Phi) is 9.03. The van der Waals surface area contributed by atoms with E-state index in [4.69, 9.17) is 20.7 Å². The van der Waals surface area contributed by atoms with E-state index in [-0.39, 0.29) is 6.04 Å². The molecule has 2 aromatic carbocycles. The van der Waals surface area contributed by atoms with Gasteiger partial charge in [-0.15, -0.1) is 0 Å². The molecule has 218 valence electrons. The summed E-state index contributed by atoms with van der Waals surface area (Å²) in [5.74, 6) is 0.413. The average Bonchev–Trinajstić information content (AvgIpc) is 3.00. The minimum atomic E-state index is -0.577. The number of nitrogens with two attached hydrogens (primary N) is 1. The summed E-state index contributed by atoms with van der Waals surface area (Å²) in [4.78, 5) is 26.8. The molecule has 1 amide bonds. The molecule has 3 N–H and O–H groups in total. The van der Waals surface area contributed by atoms with Gasteiger partial charge in [-0.25, -0.2) is 9.97 Å². The number of hydrogen-bond donors (Lipinski definition) is 2. The van der Waals surface area contributed by atoms with Crippen molar-refractivity contribution in [3.63, 3.8) is 0 Å². The molecule has 0 aliphatic carbocycles. The number of piperidine rings is 1. The van der Waals surface area contributed by atoms with Gasteiger partial charge in [0.25, 0.3) is 0 Å². The monoisotopic (exact) mass is 577 g/mol. The van der Waals surface area contributed by atoms with E-state index in [1.807, 2.05) is 44.2 Å². The summed E-state index contributed by atoms with van der Waals surface area (Å²) in [5, 5.41) is 12.4. The number of carbonyl (C=O) groups excluding carboxylic acids is 1. The zero-order valence-electron chi connectivity index (χ0n) is 24.0. The zero-order chi connectivity index (χ0) is 30.3. The lowest BCUT2D eigenvalue weighted by molar-refractivity contribution is 0.1000. The van der Waals surface area contributed by atoms with Gasteiger partial charge >= 0.3 is 0 Å². The SMILES string of the molecule is Cc1cc(/C=C/C#N)cc(C)c1Oc1nc(NC2CCN(Cc3ccc(C(N)=O)cc3)CC2)ncc1-c1ccc(F)nc1. The molecule has 1 saturated heterocycles. The Balaban J connectivity index is 1.32. The Bertz CT molecular complexity index is 1650. The van der Waals surface area contributed by atoms with E-state index >= 15 is 0 Å². The molecular weight excluding hydrogens is 545 g/mol. The highest BCUT2D eigenvalue weighted by Gasteiger charge is 2.22. The number of benzene rings is 2. The van der Waals surface area contributed by atoms with Crippen LogP contribution in [0, 0.1) is 31.1 Å². The third-order valence-corrected chi connectivity index (χ3v) is 7.39. The topological polar surface area (TPSA) is 130 Å². The molecule has 0 bridgehead atoms. The Morgan fingerprint density at radius 1 is 1.12 bits per heavy atom. The van der Waals surface area contributed by atoms with Crippen molar-refractivity contribution >= 4 is 17.9 Å². The highest BCUT2D eigenvalue weighted by atomic mass is 19.1. The summed E-state index contributed by atoms with van der Waals surface area (Å²) in [6.07, 6.45) is 8.08. The molecule has 0 atom stereocenters. The fourth-order valence-corrected chi connectivity index (χ4v) is 5.17. The Morgan fingerprint density at radius 2 is 1.84 bits per heavy atom. The van der Waals surface area contributed by atoms with E-state index in [0.717, 1.165) is 54.7 Å². The number of carbonyl (C=O) groups is 1. The first-order chi connectivity index (χ1) is 20.8. The number of primary amides is 1. The molecule has 0 spiro atoms. The summed E-state index contributed by atoms with van der Waals surface area (Å²) >= 11 is 0. The van der Waals surface area contributed by atoms with E-state index in [9.17, 15) is 9.18 Å². The first kappa shape index (κ1) is 29.4. The van der Waals surface area contributed by atoms with Gasteiger partial charge in [0.1, 0.15) is 5.75 Å². The number of amides is 1. The van der Waals surface area contributed by atoms with Crippen molar-refractivity contribution in [3.8, 4) is 28.8 Å². The Morgan fingerprint density at radius 3 is 2.47 bits per heavy atom. The van der Waals surface area contributed by atoms with Gasteiger partial charge in [0.05, 0.1) is 11.6 Å². The van der Waals surface area contributed by atoms with Gasteiger partial charge in [0.15, 0.2) is 0 Å². The van der Waals surface area contributed by atoms with Crippen LogP contribution in [0.15, 0.2) is 67.0 Å². The Hall–Kier alpha value is -5.14.